The fourth-order valence-corrected chi connectivity index (χ4v) is 1.08. The van der Waals surface area contributed by atoms with Crippen LogP contribution in [0.25, 0.3) is 0 Å². The highest BCUT2D eigenvalue weighted by Crippen LogP contribution is 2.11. The average molecular weight is 192 g/mol. The van der Waals surface area contributed by atoms with Crippen molar-refractivity contribution >= 4 is 0 Å². The van der Waals surface area contributed by atoms with Crippen molar-refractivity contribution in [2.75, 3.05) is 26.4 Å². The smallest absolute Gasteiger partial charge is 0.110 e. The largest absolute Gasteiger partial charge is 0.394 e. The molecule has 0 aromatic rings. The molecule has 5 heteroatoms. The van der Waals surface area contributed by atoms with Crippen molar-refractivity contribution in [1.82, 2.24) is 0 Å². The first-order valence-electron chi connectivity index (χ1n) is 4.48. The molecule has 0 aromatic heterocycles. The zero-order valence-electron chi connectivity index (χ0n) is 7.52. The van der Waals surface area contributed by atoms with Gasteiger partial charge < -0.3 is 14.9 Å². The van der Waals surface area contributed by atoms with Crippen LogP contribution in [-0.2, 0) is 14.5 Å². The van der Waals surface area contributed by atoms with E-state index in [1.165, 1.54) is 0 Å². The highest BCUT2D eigenvalue weighted by molar-refractivity contribution is 4.62. The highest BCUT2D eigenvalue weighted by Gasteiger charge is 2.15. The summed E-state index contributed by atoms with van der Waals surface area (Å²) in [4.78, 5) is 9.45. The molecule has 0 bridgehead atoms. The fourth-order valence-electron chi connectivity index (χ4n) is 1.08. The Morgan fingerprint density at radius 2 is 2.31 bits per heavy atom. The van der Waals surface area contributed by atoms with E-state index in [0.717, 1.165) is 19.4 Å². The van der Waals surface area contributed by atoms with Crippen molar-refractivity contribution in [3.05, 3.63) is 0 Å². The van der Waals surface area contributed by atoms with Crippen LogP contribution in [-0.4, -0.2) is 48.8 Å². The topological polar surface area (TPSA) is 68.2 Å². The molecule has 1 aliphatic rings. The molecule has 0 spiro atoms. The molecule has 1 saturated heterocycles. The lowest BCUT2D eigenvalue weighted by Gasteiger charge is -2.10. The molecular formula is C8H16O5. The van der Waals surface area contributed by atoms with Crippen LogP contribution in [0.4, 0.5) is 0 Å². The number of aliphatic hydroxyl groups is 2. The van der Waals surface area contributed by atoms with Gasteiger partial charge in [0.15, 0.2) is 0 Å². The molecule has 13 heavy (non-hydrogen) atoms. The minimum atomic E-state index is -0.871. The van der Waals surface area contributed by atoms with Gasteiger partial charge in [-0.05, 0) is 12.8 Å². The zero-order valence-corrected chi connectivity index (χ0v) is 7.52. The summed E-state index contributed by atoms with van der Waals surface area (Å²) in [7, 11) is 0. The van der Waals surface area contributed by atoms with Crippen molar-refractivity contribution < 1.29 is 24.7 Å². The van der Waals surface area contributed by atoms with Gasteiger partial charge in [-0.25, -0.2) is 9.78 Å². The molecule has 2 N–H and O–H groups in total. The van der Waals surface area contributed by atoms with Crippen molar-refractivity contribution in [3.63, 3.8) is 0 Å². The van der Waals surface area contributed by atoms with E-state index in [1.807, 2.05) is 0 Å². The van der Waals surface area contributed by atoms with E-state index in [2.05, 4.69) is 4.89 Å². The maximum Gasteiger partial charge on any atom is 0.110 e. The Labute approximate surface area is 77.1 Å². The van der Waals surface area contributed by atoms with Crippen molar-refractivity contribution in [2.24, 2.45) is 0 Å². The van der Waals surface area contributed by atoms with Crippen LogP contribution in [0.1, 0.15) is 12.8 Å². The molecule has 0 amide bonds. The minimum absolute atomic E-state index is 0.0107. The maximum absolute atomic E-state index is 8.86. The Morgan fingerprint density at radius 3 is 2.92 bits per heavy atom. The van der Waals surface area contributed by atoms with Crippen LogP contribution in [0.15, 0.2) is 0 Å². The quantitative estimate of drug-likeness (QED) is 0.336. The Bertz CT molecular complexity index is 124. The molecule has 2 atom stereocenters. The molecule has 1 heterocycles. The molecule has 1 aliphatic heterocycles. The lowest BCUT2D eigenvalue weighted by molar-refractivity contribution is -0.315. The molecule has 78 valence electrons. The van der Waals surface area contributed by atoms with E-state index in [9.17, 15) is 0 Å². The summed E-state index contributed by atoms with van der Waals surface area (Å²) in [6.45, 7) is 0.845. The third kappa shape index (κ3) is 4.54. The molecule has 1 fully saturated rings. The van der Waals surface area contributed by atoms with Crippen molar-refractivity contribution in [3.8, 4) is 0 Å². The van der Waals surface area contributed by atoms with Crippen LogP contribution in [0, 0.1) is 0 Å². The predicted molar refractivity (Wildman–Crippen MR) is 44.0 cm³/mol. The Morgan fingerprint density at radius 1 is 1.46 bits per heavy atom. The first-order chi connectivity index (χ1) is 6.33. The summed E-state index contributed by atoms with van der Waals surface area (Å²) >= 11 is 0. The summed E-state index contributed by atoms with van der Waals surface area (Å²) in [6.07, 6.45) is 1.30. The summed E-state index contributed by atoms with van der Waals surface area (Å²) in [5.41, 5.74) is 0. The van der Waals surface area contributed by atoms with Crippen molar-refractivity contribution in [1.29, 1.82) is 0 Å². The lowest BCUT2D eigenvalue weighted by Crippen LogP contribution is -2.21. The normalized spacial score (nSPS) is 24.9. The van der Waals surface area contributed by atoms with Gasteiger partial charge >= 0.3 is 0 Å². The van der Waals surface area contributed by atoms with E-state index >= 15 is 0 Å². The highest BCUT2D eigenvalue weighted by atomic mass is 17.2. The molecule has 1 rings (SSSR count). The standard InChI is InChI=1S/C8H16O5/c9-4-7(10)5-12-13-6-8-2-1-3-11-8/h7-10H,1-6H2. The SMILES string of the molecule is OCC(O)COOCC1CCCO1. The third-order valence-electron chi connectivity index (χ3n) is 1.83. The van der Waals surface area contributed by atoms with E-state index in [-0.39, 0.29) is 19.3 Å². The molecule has 5 nitrogen and oxygen atoms in total. The maximum atomic E-state index is 8.86. The molecule has 0 radical (unpaired) electrons. The van der Waals surface area contributed by atoms with Gasteiger partial charge in [-0.1, -0.05) is 0 Å². The second-order valence-electron chi connectivity index (χ2n) is 3.04. The number of ether oxygens (including phenoxy) is 1. The number of aliphatic hydroxyl groups excluding tert-OH is 2. The molecule has 0 aliphatic carbocycles. The number of hydrogen-bond acceptors (Lipinski definition) is 5. The monoisotopic (exact) mass is 192 g/mol. The predicted octanol–water partition coefficient (Wildman–Crippen LogP) is -0.533. The van der Waals surface area contributed by atoms with Gasteiger partial charge in [0, 0.05) is 6.61 Å². The van der Waals surface area contributed by atoms with Gasteiger partial charge in [-0.2, -0.15) is 0 Å². The summed E-state index contributed by atoms with van der Waals surface area (Å²) in [5.74, 6) is 0. The van der Waals surface area contributed by atoms with E-state index in [4.69, 9.17) is 19.8 Å². The Kier molecular flexibility index (Phi) is 5.26. The number of hydrogen-bond donors (Lipinski definition) is 2. The molecule has 0 saturated carbocycles. The molecular weight excluding hydrogens is 176 g/mol. The summed E-state index contributed by atoms with van der Waals surface area (Å²) in [6, 6.07) is 0. The fraction of sp³-hybridized carbons (Fsp3) is 1.00. The van der Waals surface area contributed by atoms with Crippen LogP contribution < -0.4 is 0 Å². The molecule has 2 unspecified atom stereocenters. The Hall–Kier alpha value is -0.200. The first kappa shape index (κ1) is 10.9. The number of rotatable bonds is 6. The summed E-state index contributed by atoms with van der Waals surface area (Å²) < 4.78 is 5.27. The third-order valence-corrected chi connectivity index (χ3v) is 1.83. The van der Waals surface area contributed by atoms with E-state index < -0.39 is 6.10 Å². The van der Waals surface area contributed by atoms with Gasteiger partial charge in [0.05, 0.1) is 12.7 Å². The minimum Gasteiger partial charge on any atom is -0.394 e. The van der Waals surface area contributed by atoms with Gasteiger partial charge in [0.25, 0.3) is 0 Å². The van der Waals surface area contributed by atoms with Crippen LogP contribution in [0.2, 0.25) is 0 Å². The van der Waals surface area contributed by atoms with E-state index in [1.54, 1.807) is 0 Å². The average Bonchev–Trinajstić information content (AvgIpc) is 2.64. The zero-order chi connectivity index (χ0) is 9.52. The van der Waals surface area contributed by atoms with Crippen LogP contribution in [0.5, 0.6) is 0 Å². The second-order valence-corrected chi connectivity index (χ2v) is 3.04. The second kappa shape index (κ2) is 6.28. The van der Waals surface area contributed by atoms with Crippen LogP contribution in [0.3, 0.4) is 0 Å². The van der Waals surface area contributed by atoms with Gasteiger partial charge in [0.1, 0.15) is 19.3 Å². The van der Waals surface area contributed by atoms with Gasteiger partial charge in [-0.3, -0.25) is 0 Å². The molecule has 0 aromatic carbocycles. The summed E-state index contributed by atoms with van der Waals surface area (Å²) in [5, 5.41) is 17.3. The van der Waals surface area contributed by atoms with Gasteiger partial charge in [-0.15, -0.1) is 0 Å². The van der Waals surface area contributed by atoms with Crippen LogP contribution >= 0.6 is 0 Å². The van der Waals surface area contributed by atoms with Crippen molar-refractivity contribution in [2.45, 2.75) is 25.0 Å². The Balaban J connectivity index is 1.88. The lowest BCUT2D eigenvalue weighted by atomic mass is 10.2. The van der Waals surface area contributed by atoms with E-state index in [0.29, 0.717) is 6.61 Å². The van der Waals surface area contributed by atoms with Gasteiger partial charge in [0.2, 0.25) is 0 Å². The first-order valence-corrected chi connectivity index (χ1v) is 4.48.